The zero-order chi connectivity index (χ0) is 44.7. The van der Waals surface area contributed by atoms with Crippen LogP contribution in [0.1, 0.15) is 168 Å². The van der Waals surface area contributed by atoms with Crippen LogP contribution in [0.2, 0.25) is 0 Å². The summed E-state index contributed by atoms with van der Waals surface area (Å²) in [5, 5.41) is 20.0. The standard InChI is InChI=1S/C44H80O14P2/c1-4-5-6-7-8-9-10-11-15-18-21-24-27-31-40(45)32-29-34-43(47)54-37-42(38-57-60(52,53)56-36-41(46)35-55-59(49,50)51)58-44(48)33-28-25-22-19-16-13-12-14-17-20-23-26-30-39(2)3/h8-9,11,15,21,24,27,31,39-42,45-46H,4-7,10,12-14,16-20,22-23,25-26,28-30,32-38H2,1-3H3,(H,52,53)(H2,49,50,51)/b9-8-,15-11-,24-21-,31-27+/t40-,41+,42-/m1/s1. The molecule has 0 fully saturated rings. The van der Waals surface area contributed by atoms with Crippen molar-refractivity contribution in [2.24, 2.45) is 5.92 Å². The van der Waals surface area contributed by atoms with Gasteiger partial charge in [-0.1, -0.05) is 159 Å². The van der Waals surface area contributed by atoms with E-state index in [0.717, 1.165) is 50.9 Å². The number of phosphoric ester groups is 2. The number of esters is 2. The second-order valence-electron chi connectivity index (χ2n) is 15.7. The molecule has 0 heterocycles. The van der Waals surface area contributed by atoms with Crippen molar-refractivity contribution in [1.29, 1.82) is 0 Å². The van der Waals surface area contributed by atoms with Gasteiger partial charge in [0.2, 0.25) is 0 Å². The van der Waals surface area contributed by atoms with E-state index in [2.05, 4.69) is 54.1 Å². The zero-order valence-corrected chi connectivity index (χ0v) is 38.6. The van der Waals surface area contributed by atoms with E-state index in [1.165, 1.54) is 70.6 Å². The molecule has 16 heteroatoms. The molecule has 0 spiro atoms. The van der Waals surface area contributed by atoms with Crippen LogP contribution in [-0.4, -0.2) is 81.6 Å². The maximum absolute atomic E-state index is 12.7. The number of rotatable bonds is 41. The minimum atomic E-state index is -4.88. The topological polar surface area (TPSA) is 216 Å². The van der Waals surface area contributed by atoms with Crippen molar-refractivity contribution in [3.8, 4) is 0 Å². The Morgan fingerprint density at radius 3 is 1.75 bits per heavy atom. The number of unbranched alkanes of at least 4 members (excludes halogenated alkanes) is 14. The van der Waals surface area contributed by atoms with Crippen molar-refractivity contribution in [3.63, 3.8) is 0 Å². The van der Waals surface area contributed by atoms with Crippen LogP contribution in [0.5, 0.6) is 0 Å². The number of phosphoric acid groups is 2. The van der Waals surface area contributed by atoms with Gasteiger partial charge in [-0.2, -0.15) is 0 Å². The van der Waals surface area contributed by atoms with Crippen LogP contribution >= 0.6 is 15.6 Å². The van der Waals surface area contributed by atoms with E-state index in [0.29, 0.717) is 19.3 Å². The molecule has 0 radical (unpaired) electrons. The second kappa shape index (κ2) is 38.7. The molecule has 0 rings (SSSR count). The van der Waals surface area contributed by atoms with E-state index in [1.54, 1.807) is 12.2 Å². The predicted octanol–water partition coefficient (Wildman–Crippen LogP) is 10.3. The quantitative estimate of drug-likeness (QED) is 0.0127. The van der Waals surface area contributed by atoms with Crippen LogP contribution in [0.25, 0.3) is 0 Å². The highest BCUT2D eigenvalue weighted by atomic mass is 31.2. The maximum atomic E-state index is 12.7. The third kappa shape index (κ3) is 42.7. The molecule has 0 bridgehead atoms. The molecule has 0 saturated carbocycles. The summed E-state index contributed by atoms with van der Waals surface area (Å²) in [4.78, 5) is 52.7. The Morgan fingerprint density at radius 2 is 1.13 bits per heavy atom. The first kappa shape index (κ1) is 58.0. The Bertz CT molecular complexity index is 1280. The summed E-state index contributed by atoms with van der Waals surface area (Å²) in [7, 11) is -9.73. The minimum absolute atomic E-state index is 0.0330. The highest BCUT2D eigenvalue weighted by molar-refractivity contribution is 7.47. The summed E-state index contributed by atoms with van der Waals surface area (Å²) >= 11 is 0. The lowest BCUT2D eigenvalue weighted by atomic mass is 10.0. The van der Waals surface area contributed by atoms with Gasteiger partial charge < -0.3 is 34.4 Å². The van der Waals surface area contributed by atoms with Gasteiger partial charge in [0, 0.05) is 12.8 Å². The first-order valence-electron chi connectivity index (χ1n) is 22.3. The molecular formula is C44H80O14P2. The number of carbonyl (C=O) groups excluding carboxylic acids is 2. The van der Waals surface area contributed by atoms with Crippen molar-refractivity contribution in [2.45, 2.75) is 187 Å². The van der Waals surface area contributed by atoms with Crippen LogP contribution in [0, 0.1) is 5.92 Å². The van der Waals surface area contributed by atoms with Crippen molar-refractivity contribution in [3.05, 3.63) is 48.6 Å². The third-order valence-corrected chi connectivity index (χ3v) is 10.7. The van der Waals surface area contributed by atoms with Crippen LogP contribution in [0.3, 0.4) is 0 Å². The van der Waals surface area contributed by atoms with Gasteiger partial charge in [-0.25, -0.2) is 9.13 Å². The van der Waals surface area contributed by atoms with Gasteiger partial charge in [0.15, 0.2) is 6.10 Å². The average Bonchev–Trinajstić information content (AvgIpc) is 3.18. The van der Waals surface area contributed by atoms with Gasteiger partial charge in [-0.3, -0.25) is 23.2 Å². The Balaban J connectivity index is 4.69. The lowest BCUT2D eigenvalue weighted by molar-refractivity contribution is -0.161. The van der Waals surface area contributed by atoms with Gasteiger partial charge in [0.25, 0.3) is 0 Å². The summed E-state index contributed by atoms with van der Waals surface area (Å²) in [6.07, 6.45) is 34.3. The molecule has 0 aromatic carbocycles. The number of carbonyl (C=O) groups is 2. The highest BCUT2D eigenvalue weighted by Crippen LogP contribution is 2.43. The molecule has 0 aliphatic heterocycles. The fourth-order valence-corrected chi connectivity index (χ4v) is 6.97. The number of hydrogen-bond donors (Lipinski definition) is 5. The summed E-state index contributed by atoms with van der Waals surface area (Å²) in [5.41, 5.74) is 0. The molecule has 5 N–H and O–H groups in total. The largest absolute Gasteiger partial charge is 0.472 e. The Morgan fingerprint density at radius 1 is 0.583 bits per heavy atom. The van der Waals surface area contributed by atoms with Gasteiger partial charge in [-0.05, 0) is 50.9 Å². The number of aliphatic hydroxyl groups is 2. The first-order valence-corrected chi connectivity index (χ1v) is 25.3. The van der Waals surface area contributed by atoms with E-state index >= 15 is 0 Å². The second-order valence-corrected chi connectivity index (χ2v) is 18.3. The van der Waals surface area contributed by atoms with E-state index in [9.17, 15) is 33.8 Å². The molecule has 350 valence electrons. The van der Waals surface area contributed by atoms with E-state index in [-0.39, 0.29) is 12.8 Å². The van der Waals surface area contributed by atoms with Crippen LogP contribution in [0.15, 0.2) is 48.6 Å². The van der Waals surface area contributed by atoms with Crippen molar-refractivity contribution >= 4 is 27.6 Å². The third-order valence-electron chi connectivity index (χ3n) is 9.24. The number of hydrogen-bond acceptors (Lipinski definition) is 11. The van der Waals surface area contributed by atoms with Gasteiger partial charge in [-0.15, -0.1) is 0 Å². The summed E-state index contributed by atoms with van der Waals surface area (Å²) < 4.78 is 47.6. The SMILES string of the molecule is CCCCC/C=C\C/C=C\C/C=C\C=C\[C@@H](O)CCCC(=O)OC[C@H](COP(=O)(O)OC[C@@H](O)COP(=O)(O)O)OC(=O)CCCCCCCCCCCCCCC(C)C. The lowest BCUT2D eigenvalue weighted by Gasteiger charge is -2.20. The predicted molar refractivity (Wildman–Crippen MR) is 236 cm³/mol. The first-order chi connectivity index (χ1) is 28.6. The molecule has 0 aliphatic rings. The summed E-state index contributed by atoms with van der Waals surface area (Å²) in [5.74, 6) is -0.450. The molecular weight excluding hydrogens is 814 g/mol. The molecule has 0 saturated heterocycles. The van der Waals surface area contributed by atoms with Crippen molar-refractivity contribution in [1.82, 2.24) is 0 Å². The zero-order valence-electron chi connectivity index (χ0n) is 36.8. The molecule has 0 aromatic heterocycles. The van der Waals surface area contributed by atoms with Gasteiger partial charge in [0.1, 0.15) is 12.7 Å². The van der Waals surface area contributed by atoms with Crippen molar-refractivity contribution < 1.29 is 66.7 Å². The Hall–Kier alpha value is -1.96. The van der Waals surface area contributed by atoms with Crippen molar-refractivity contribution in [2.75, 3.05) is 26.4 Å². The highest BCUT2D eigenvalue weighted by Gasteiger charge is 2.28. The van der Waals surface area contributed by atoms with E-state index in [1.807, 2.05) is 12.2 Å². The minimum Gasteiger partial charge on any atom is -0.462 e. The number of ether oxygens (including phenoxy) is 2. The van der Waals surface area contributed by atoms with E-state index in [4.69, 9.17) is 23.8 Å². The summed E-state index contributed by atoms with van der Waals surface area (Å²) in [6.45, 7) is 3.82. The molecule has 0 aromatic rings. The van der Waals surface area contributed by atoms with Gasteiger partial charge >= 0.3 is 27.6 Å². The lowest BCUT2D eigenvalue weighted by Crippen LogP contribution is -2.30. The monoisotopic (exact) mass is 895 g/mol. The molecule has 14 nitrogen and oxygen atoms in total. The molecule has 4 atom stereocenters. The van der Waals surface area contributed by atoms with E-state index < -0.39 is 72.3 Å². The Kier molecular flexibility index (Phi) is 37.4. The van der Waals surface area contributed by atoms with Crippen LogP contribution < -0.4 is 0 Å². The normalized spacial score (nSPS) is 15.1. The smallest absolute Gasteiger partial charge is 0.462 e. The van der Waals surface area contributed by atoms with Crippen LogP contribution in [-0.2, 0) is 41.8 Å². The molecule has 60 heavy (non-hydrogen) atoms. The molecule has 0 aliphatic carbocycles. The maximum Gasteiger partial charge on any atom is 0.472 e. The average molecular weight is 895 g/mol. The summed E-state index contributed by atoms with van der Waals surface area (Å²) in [6, 6.07) is 0. The number of aliphatic hydroxyl groups excluding tert-OH is 2. The molecule has 1 unspecified atom stereocenters. The fourth-order valence-electron chi connectivity index (χ4n) is 5.81. The Labute approximate surface area is 361 Å². The van der Waals surface area contributed by atoms with Gasteiger partial charge in [0.05, 0.1) is 25.9 Å². The van der Waals surface area contributed by atoms with Crippen LogP contribution in [0.4, 0.5) is 0 Å². The fraction of sp³-hybridized carbons (Fsp3) is 0.773. The molecule has 0 amide bonds. The number of allylic oxidation sites excluding steroid dienone is 7.